The molecule has 1 aliphatic heterocycles. The van der Waals surface area contributed by atoms with Gasteiger partial charge < -0.3 is 15.3 Å². The number of allylic oxidation sites excluding steroid dienone is 4. The van der Waals surface area contributed by atoms with Crippen molar-refractivity contribution in [3.05, 3.63) is 35.5 Å². The molecule has 0 spiro atoms. The Hall–Kier alpha value is -1.39. The molecule has 2 fully saturated rings. The minimum atomic E-state index is -1.32. The van der Waals surface area contributed by atoms with E-state index >= 15 is 0 Å². The van der Waals surface area contributed by atoms with E-state index in [1.165, 1.54) is 5.57 Å². The van der Waals surface area contributed by atoms with Crippen LogP contribution in [0, 0.1) is 5.92 Å². The van der Waals surface area contributed by atoms with Crippen molar-refractivity contribution in [2.45, 2.75) is 83.3 Å². The Morgan fingerprint density at radius 1 is 1.25 bits per heavy atom. The van der Waals surface area contributed by atoms with Crippen LogP contribution >= 0.6 is 0 Å². The van der Waals surface area contributed by atoms with Gasteiger partial charge in [0.25, 0.3) is 5.91 Å². The van der Waals surface area contributed by atoms with E-state index in [4.69, 9.17) is 0 Å². The molecule has 1 saturated carbocycles. The van der Waals surface area contributed by atoms with Gasteiger partial charge in [-0.1, -0.05) is 42.7 Å². The zero-order valence-corrected chi connectivity index (χ0v) is 17.8. The Labute approximate surface area is 170 Å². The lowest BCUT2D eigenvalue weighted by atomic mass is 9.76. The quantitative estimate of drug-likeness (QED) is 0.647. The summed E-state index contributed by atoms with van der Waals surface area (Å²) in [5.41, 5.74) is 0.973. The number of nitrogens with zero attached hydrogens (tertiary/aromatic N) is 1. The summed E-state index contributed by atoms with van der Waals surface area (Å²) in [6.07, 6.45) is 17.3. The van der Waals surface area contributed by atoms with E-state index in [0.29, 0.717) is 0 Å². The summed E-state index contributed by atoms with van der Waals surface area (Å²) in [7, 11) is 0. The standard InChI is InChI=1S/C24H38N2O2/c1-19(2)9-8-16-26-17-14-22(15-18-26)25-23(27)24(28,21-12-6-7-13-21)20-10-4-3-5-11-20/h3-4,9-10,21-22,28H,5-8,11-18H2,1-2H3,(H,25,27). The number of piperidine rings is 1. The molecule has 4 nitrogen and oxygen atoms in total. The second kappa shape index (κ2) is 9.89. The SMILES string of the molecule is CC(C)=CCCN1CCC(NC(=O)C(O)(C2=CC=CCC2)C2CCCC2)CC1. The van der Waals surface area contributed by atoms with Crippen molar-refractivity contribution in [1.82, 2.24) is 10.2 Å². The molecule has 1 atom stereocenters. The van der Waals surface area contributed by atoms with Crippen molar-refractivity contribution in [1.29, 1.82) is 0 Å². The van der Waals surface area contributed by atoms with E-state index in [1.54, 1.807) is 0 Å². The topological polar surface area (TPSA) is 52.6 Å². The average molecular weight is 387 g/mol. The van der Waals surface area contributed by atoms with Crippen LogP contribution in [0.25, 0.3) is 0 Å². The second-order valence-corrected chi connectivity index (χ2v) is 9.07. The van der Waals surface area contributed by atoms with Crippen LogP contribution in [0.5, 0.6) is 0 Å². The fourth-order valence-electron chi connectivity index (χ4n) is 4.99. The van der Waals surface area contributed by atoms with Crippen molar-refractivity contribution in [3.8, 4) is 0 Å². The lowest BCUT2D eigenvalue weighted by Gasteiger charge is -2.38. The summed E-state index contributed by atoms with van der Waals surface area (Å²) in [5, 5.41) is 14.9. The van der Waals surface area contributed by atoms with Gasteiger partial charge in [-0.05, 0) is 64.4 Å². The molecule has 1 amide bonds. The van der Waals surface area contributed by atoms with Gasteiger partial charge in [0, 0.05) is 31.6 Å². The number of hydrogen-bond acceptors (Lipinski definition) is 3. The second-order valence-electron chi connectivity index (χ2n) is 9.07. The first-order valence-electron chi connectivity index (χ1n) is 11.3. The molecule has 0 aromatic heterocycles. The van der Waals surface area contributed by atoms with E-state index in [0.717, 1.165) is 83.0 Å². The van der Waals surface area contributed by atoms with Crippen molar-refractivity contribution < 1.29 is 9.90 Å². The van der Waals surface area contributed by atoms with Crippen LogP contribution in [-0.2, 0) is 4.79 Å². The molecule has 4 heteroatoms. The predicted molar refractivity (Wildman–Crippen MR) is 115 cm³/mol. The van der Waals surface area contributed by atoms with Crippen molar-refractivity contribution in [2.75, 3.05) is 19.6 Å². The molecule has 1 unspecified atom stereocenters. The highest BCUT2D eigenvalue weighted by atomic mass is 16.3. The molecule has 0 bridgehead atoms. The van der Waals surface area contributed by atoms with Gasteiger partial charge in [-0.25, -0.2) is 0 Å². The number of nitrogens with one attached hydrogen (secondary N) is 1. The first-order valence-corrected chi connectivity index (χ1v) is 11.3. The lowest BCUT2D eigenvalue weighted by Crippen LogP contribution is -2.56. The first kappa shape index (κ1) is 21.3. The third kappa shape index (κ3) is 5.15. The summed E-state index contributed by atoms with van der Waals surface area (Å²) in [6, 6.07) is 0.180. The maximum absolute atomic E-state index is 13.3. The highest BCUT2D eigenvalue weighted by molar-refractivity contribution is 5.89. The summed E-state index contributed by atoms with van der Waals surface area (Å²) >= 11 is 0. The van der Waals surface area contributed by atoms with Crippen LogP contribution in [-0.4, -0.2) is 47.2 Å². The van der Waals surface area contributed by atoms with E-state index in [2.05, 4.69) is 36.2 Å². The molecule has 0 aromatic carbocycles. The zero-order chi connectivity index (χ0) is 20.0. The molecule has 0 radical (unpaired) electrons. The molecule has 0 aromatic rings. The van der Waals surface area contributed by atoms with E-state index < -0.39 is 5.60 Å². The number of hydrogen-bond donors (Lipinski definition) is 2. The van der Waals surface area contributed by atoms with Gasteiger partial charge in [0.05, 0.1) is 0 Å². The number of aliphatic hydroxyl groups is 1. The van der Waals surface area contributed by atoms with Crippen LogP contribution in [0.3, 0.4) is 0 Å². The number of amides is 1. The molecule has 3 aliphatic rings. The van der Waals surface area contributed by atoms with Gasteiger partial charge in [-0.2, -0.15) is 0 Å². The molecule has 2 N–H and O–H groups in total. The van der Waals surface area contributed by atoms with Crippen LogP contribution < -0.4 is 5.32 Å². The van der Waals surface area contributed by atoms with Crippen LogP contribution in [0.4, 0.5) is 0 Å². The highest BCUT2D eigenvalue weighted by Crippen LogP contribution is 2.41. The molecular weight excluding hydrogens is 348 g/mol. The Balaban J connectivity index is 1.58. The van der Waals surface area contributed by atoms with Crippen LogP contribution in [0.1, 0.15) is 71.6 Å². The Morgan fingerprint density at radius 2 is 1.96 bits per heavy atom. The smallest absolute Gasteiger partial charge is 0.256 e. The normalized spacial score (nSPS) is 23.9. The van der Waals surface area contributed by atoms with Crippen LogP contribution in [0.2, 0.25) is 0 Å². The number of rotatable bonds is 7. The fraction of sp³-hybridized carbons (Fsp3) is 0.708. The molecule has 156 valence electrons. The monoisotopic (exact) mass is 386 g/mol. The molecule has 1 saturated heterocycles. The molecule has 3 rings (SSSR count). The van der Waals surface area contributed by atoms with Gasteiger partial charge in [0.1, 0.15) is 0 Å². The molecule has 2 aliphatic carbocycles. The predicted octanol–water partition coefficient (Wildman–Crippen LogP) is 4.12. The molecule has 1 heterocycles. The van der Waals surface area contributed by atoms with Crippen LogP contribution in [0.15, 0.2) is 35.5 Å². The number of likely N-dealkylation sites (tertiary alicyclic amines) is 1. The summed E-state index contributed by atoms with van der Waals surface area (Å²) < 4.78 is 0. The van der Waals surface area contributed by atoms with Gasteiger partial charge in [-0.15, -0.1) is 0 Å². The molecule has 28 heavy (non-hydrogen) atoms. The summed E-state index contributed by atoms with van der Waals surface area (Å²) in [4.78, 5) is 15.8. The summed E-state index contributed by atoms with van der Waals surface area (Å²) in [6.45, 7) is 7.43. The average Bonchev–Trinajstić information content (AvgIpc) is 3.24. The first-order chi connectivity index (χ1) is 13.5. The van der Waals surface area contributed by atoms with Gasteiger partial charge in [-0.3, -0.25) is 4.79 Å². The Kier molecular flexibility index (Phi) is 7.53. The number of carbonyl (C=O) groups is 1. The zero-order valence-electron chi connectivity index (χ0n) is 17.8. The van der Waals surface area contributed by atoms with E-state index in [9.17, 15) is 9.90 Å². The highest BCUT2D eigenvalue weighted by Gasteiger charge is 2.48. The Morgan fingerprint density at radius 3 is 2.57 bits per heavy atom. The van der Waals surface area contributed by atoms with Gasteiger partial charge in [0.2, 0.25) is 0 Å². The van der Waals surface area contributed by atoms with Gasteiger partial charge in [0.15, 0.2) is 5.60 Å². The maximum Gasteiger partial charge on any atom is 0.256 e. The van der Waals surface area contributed by atoms with Crippen molar-refractivity contribution >= 4 is 5.91 Å². The Bertz CT molecular complexity index is 619. The maximum atomic E-state index is 13.3. The minimum absolute atomic E-state index is 0.0643. The fourth-order valence-corrected chi connectivity index (χ4v) is 4.99. The summed E-state index contributed by atoms with van der Waals surface area (Å²) in [5.74, 6) is -0.0849. The molecular formula is C24H38N2O2. The van der Waals surface area contributed by atoms with E-state index in [-0.39, 0.29) is 17.9 Å². The third-order valence-corrected chi connectivity index (χ3v) is 6.72. The lowest BCUT2D eigenvalue weighted by molar-refractivity contribution is -0.142. The third-order valence-electron chi connectivity index (χ3n) is 6.72. The minimum Gasteiger partial charge on any atom is -0.375 e. The van der Waals surface area contributed by atoms with Gasteiger partial charge >= 0.3 is 0 Å². The van der Waals surface area contributed by atoms with Crippen molar-refractivity contribution in [3.63, 3.8) is 0 Å². The van der Waals surface area contributed by atoms with E-state index in [1.807, 2.05) is 12.2 Å². The van der Waals surface area contributed by atoms with Crippen molar-refractivity contribution in [2.24, 2.45) is 5.92 Å². The number of carbonyl (C=O) groups excluding carboxylic acids is 1. The largest absolute Gasteiger partial charge is 0.375 e.